The fourth-order valence-electron chi connectivity index (χ4n) is 3.44. The lowest BCUT2D eigenvalue weighted by Gasteiger charge is -2.06. The second-order valence-electron chi connectivity index (χ2n) is 7.45. The molecule has 9 heteroatoms. The molecule has 0 saturated heterocycles. The molecule has 0 fully saturated rings. The Morgan fingerprint density at radius 1 is 1.17 bits per heavy atom. The van der Waals surface area contributed by atoms with Crippen LogP contribution in [0, 0.1) is 17.1 Å². The van der Waals surface area contributed by atoms with Gasteiger partial charge in [0.2, 0.25) is 0 Å². The Hall–Kier alpha value is -4.19. The molecule has 0 radical (unpaired) electrons. The van der Waals surface area contributed by atoms with E-state index in [-0.39, 0.29) is 14.8 Å². The van der Waals surface area contributed by atoms with E-state index in [4.69, 9.17) is 16.3 Å². The van der Waals surface area contributed by atoms with Crippen molar-refractivity contribution < 1.29 is 13.9 Å². The fraction of sp³-hybridized carbons (Fsp3) is 0.0741. The van der Waals surface area contributed by atoms with Crippen molar-refractivity contribution >= 4 is 46.2 Å². The molecule has 0 atom stereocenters. The van der Waals surface area contributed by atoms with Crippen molar-refractivity contribution in [3.63, 3.8) is 0 Å². The number of ether oxygens (including phenoxy) is 1. The van der Waals surface area contributed by atoms with Crippen LogP contribution in [0.25, 0.3) is 17.3 Å². The van der Waals surface area contributed by atoms with Crippen LogP contribution >= 0.6 is 22.9 Å². The molecule has 0 bridgehead atoms. The molecule has 6 nitrogen and oxygen atoms in total. The third-order valence-corrected chi connectivity index (χ3v) is 6.38. The Bertz CT molecular complexity index is 1640. The van der Waals surface area contributed by atoms with Crippen LogP contribution in [0.4, 0.5) is 10.1 Å². The Morgan fingerprint density at radius 2 is 1.89 bits per heavy atom. The number of nitrogens with zero attached hydrogens (tertiary/aromatic N) is 2. The second-order valence-corrected chi connectivity index (χ2v) is 8.92. The highest BCUT2D eigenvalue weighted by Crippen LogP contribution is 2.23. The molecular formula is C27H19ClFN3O3S. The number of para-hydroxylation sites is 1. The van der Waals surface area contributed by atoms with E-state index in [1.165, 1.54) is 28.8 Å². The maximum Gasteiger partial charge on any atom is 0.273 e. The van der Waals surface area contributed by atoms with Crippen molar-refractivity contribution in [1.29, 1.82) is 5.26 Å². The number of carbonyl (C=O) groups excluding carboxylic acids is 1. The normalized spacial score (nSPS) is 12.1. The van der Waals surface area contributed by atoms with Crippen LogP contribution in [0.1, 0.15) is 12.5 Å². The minimum absolute atomic E-state index is 0.152. The number of nitrogens with one attached hydrogen (secondary N) is 1. The Kier molecular flexibility index (Phi) is 7.64. The number of thiazole rings is 1. The van der Waals surface area contributed by atoms with Gasteiger partial charge >= 0.3 is 0 Å². The van der Waals surface area contributed by atoms with E-state index in [1.807, 2.05) is 13.0 Å². The summed E-state index contributed by atoms with van der Waals surface area (Å²) in [6.45, 7) is 2.26. The van der Waals surface area contributed by atoms with Gasteiger partial charge in [-0.2, -0.15) is 5.26 Å². The van der Waals surface area contributed by atoms with Crippen LogP contribution in [0.3, 0.4) is 0 Å². The fourth-order valence-corrected chi connectivity index (χ4v) is 4.72. The van der Waals surface area contributed by atoms with Gasteiger partial charge in [0, 0.05) is 16.3 Å². The van der Waals surface area contributed by atoms with Crippen molar-refractivity contribution in [3.8, 4) is 17.5 Å². The van der Waals surface area contributed by atoms with E-state index in [2.05, 4.69) is 5.32 Å². The molecule has 4 rings (SSSR count). The van der Waals surface area contributed by atoms with Gasteiger partial charge in [-0.3, -0.25) is 14.2 Å². The largest absolute Gasteiger partial charge is 0.493 e. The Morgan fingerprint density at radius 3 is 2.56 bits per heavy atom. The number of amides is 1. The molecule has 0 aliphatic heterocycles. The first kappa shape index (κ1) is 24.9. The predicted molar refractivity (Wildman–Crippen MR) is 139 cm³/mol. The number of hydrogen-bond acceptors (Lipinski definition) is 5. The zero-order valence-electron chi connectivity index (χ0n) is 19.0. The molecule has 1 amide bonds. The summed E-state index contributed by atoms with van der Waals surface area (Å²) in [5.41, 5.74) is 0.717. The summed E-state index contributed by atoms with van der Waals surface area (Å²) in [6, 6.07) is 20.9. The van der Waals surface area contributed by atoms with Crippen LogP contribution in [-0.4, -0.2) is 17.1 Å². The molecule has 36 heavy (non-hydrogen) atoms. The highest BCUT2D eigenvalue weighted by molar-refractivity contribution is 7.07. The van der Waals surface area contributed by atoms with Crippen molar-refractivity contribution in [2.75, 3.05) is 11.9 Å². The number of benzene rings is 3. The molecule has 1 heterocycles. The van der Waals surface area contributed by atoms with Gasteiger partial charge in [-0.25, -0.2) is 4.39 Å². The van der Waals surface area contributed by atoms with Crippen molar-refractivity contribution in [1.82, 2.24) is 4.57 Å². The Balaban J connectivity index is 1.96. The molecule has 1 aromatic heterocycles. The van der Waals surface area contributed by atoms with Crippen LogP contribution < -0.4 is 24.8 Å². The number of aromatic nitrogens is 1. The molecule has 3 aromatic carbocycles. The molecule has 0 spiro atoms. The summed E-state index contributed by atoms with van der Waals surface area (Å²) < 4.78 is 20.7. The van der Waals surface area contributed by atoms with Gasteiger partial charge in [0.25, 0.3) is 11.5 Å². The van der Waals surface area contributed by atoms with E-state index < -0.39 is 17.3 Å². The average Bonchev–Trinajstić information content (AvgIpc) is 3.18. The smallest absolute Gasteiger partial charge is 0.273 e. The van der Waals surface area contributed by atoms with E-state index >= 15 is 0 Å². The van der Waals surface area contributed by atoms with Crippen molar-refractivity contribution in [2.24, 2.45) is 0 Å². The first-order chi connectivity index (χ1) is 17.4. The number of anilines is 1. The first-order valence-corrected chi connectivity index (χ1v) is 12.0. The third kappa shape index (κ3) is 5.38. The number of halogens is 2. The zero-order valence-corrected chi connectivity index (χ0v) is 20.6. The summed E-state index contributed by atoms with van der Waals surface area (Å²) in [7, 11) is 0. The highest BCUT2D eigenvalue weighted by Gasteiger charge is 2.17. The van der Waals surface area contributed by atoms with Gasteiger partial charge in [0.05, 0.1) is 16.8 Å². The SMILES string of the molecule is CCOc1ccc(Cl)cc1/C=c1/s/c(=C(/C#N)C(=O)Nc2ccc(F)cc2)n(-c2ccccc2)c1=O. The lowest BCUT2D eigenvalue weighted by molar-refractivity contribution is -0.111. The summed E-state index contributed by atoms with van der Waals surface area (Å²) >= 11 is 7.18. The molecule has 4 aromatic rings. The maximum absolute atomic E-state index is 13.6. The summed E-state index contributed by atoms with van der Waals surface area (Å²) in [5.74, 6) is -0.637. The third-order valence-electron chi connectivity index (χ3n) is 5.05. The molecule has 0 aliphatic carbocycles. The summed E-state index contributed by atoms with van der Waals surface area (Å²) in [5, 5.41) is 13.0. The standard InChI is InChI=1S/C27H19ClFN3O3S/c1-2-35-23-13-8-18(28)14-17(23)15-24-26(34)32(21-6-4-3-5-7-21)27(36-24)22(16-30)25(33)31-20-11-9-19(29)10-12-20/h3-15H,2H2,1H3,(H,31,33)/b24-15+,27-22-. The zero-order chi connectivity index (χ0) is 25.7. The quantitative estimate of drug-likeness (QED) is 0.413. The number of nitriles is 1. The van der Waals surface area contributed by atoms with Crippen molar-refractivity contribution in [3.05, 3.63) is 109 Å². The summed E-state index contributed by atoms with van der Waals surface area (Å²) in [6.07, 6.45) is 1.62. The Labute approximate surface area is 214 Å². The molecular weight excluding hydrogens is 501 g/mol. The van der Waals surface area contributed by atoms with Gasteiger partial charge in [-0.05, 0) is 67.6 Å². The minimum Gasteiger partial charge on any atom is -0.493 e. The molecule has 180 valence electrons. The van der Waals surface area contributed by atoms with Gasteiger partial charge in [-0.15, -0.1) is 11.3 Å². The summed E-state index contributed by atoms with van der Waals surface area (Å²) in [4.78, 5) is 26.6. The van der Waals surface area contributed by atoms with Crippen LogP contribution in [0.15, 0.2) is 77.6 Å². The number of rotatable bonds is 6. The van der Waals surface area contributed by atoms with E-state index in [0.717, 1.165) is 11.3 Å². The van der Waals surface area contributed by atoms with Gasteiger partial charge in [-0.1, -0.05) is 29.8 Å². The first-order valence-electron chi connectivity index (χ1n) is 10.8. The molecule has 0 unspecified atom stereocenters. The van der Waals surface area contributed by atoms with Crippen LogP contribution in [0.5, 0.6) is 5.75 Å². The monoisotopic (exact) mass is 519 g/mol. The average molecular weight is 520 g/mol. The van der Waals surface area contributed by atoms with E-state index in [0.29, 0.717) is 34.3 Å². The molecule has 1 N–H and O–H groups in total. The van der Waals surface area contributed by atoms with Gasteiger partial charge < -0.3 is 10.1 Å². The van der Waals surface area contributed by atoms with E-state index in [9.17, 15) is 19.2 Å². The lowest BCUT2D eigenvalue weighted by Crippen LogP contribution is -2.32. The lowest BCUT2D eigenvalue weighted by atomic mass is 10.2. The topological polar surface area (TPSA) is 84.1 Å². The van der Waals surface area contributed by atoms with Gasteiger partial charge in [0.15, 0.2) is 5.57 Å². The highest BCUT2D eigenvalue weighted by atomic mass is 35.5. The molecule has 0 saturated carbocycles. The second kappa shape index (κ2) is 11.0. The van der Waals surface area contributed by atoms with Crippen LogP contribution in [-0.2, 0) is 4.79 Å². The van der Waals surface area contributed by atoms with Gasteiger partial charge in [0.1, 0.15) is 22.3 Å². The minimum atomic E-state index is -0.723. The molecule has 0 aliphatic rings. The maximum atomic E-state index is 13.6. The van der Waals surface area contributed by atoms with E-state index in [1.54, 1.807) is 54.6 Å². The number of hydrogen-bond donors (Lipinski definition) is 1. The van der Waals surface area contributed by atoms with Crippen molar-refractivity contribution in [2.45, 2.75) is 6.92 Å². The van der Waals surface area contributed by atoms with Crippen LogP contribution in [0.2, 0.25) is 5.02 Å². The number of carbonyl (C=O) groups is 1. The predicted octanol–water partition coefficient (Wildman–Crippen LogP) is 4.23.